The van der Waals surface area contributed by atoms with Gasteiger partial charge in [0.05, 0.1) is 17.9 Å². The highest BCUT2D eigenvalue weighted by Gasteiger charge is 2.32. The van der Waals surface area contributed by atoms with E-state index in [9.17, 15) is 9.18 Å². The Morgan fingerprint density at radius 2 is 2.25 bits per heavy atom. The SMILES string of the molecule is C#CCOc1cnc(C(=O)Cc2ccc(F)c([C@]3(C)CCSC(N)=N3)c2)cn1. The number of nitrogens with two attached hydrogens (primary N) is 1. The number of thioether (sulfide) groups is 1. The predicted octanol–water partition coefficient (Wildman–Crippen LogP) is 2.72. The smallest absolute Gasteiger partial charge is 0.233 e. The molecule has 0 bridgehead atoms. The fraction of sp³-hybridized carbons (Fsp3) is 0.300. The highest BCUT2D eigenvalue weighted by atomic mass is 32.2. The minimum absolute atomic E-state index is 0.0660. The highest BCUT2D eigenvalue weighted by molar-refractivity contribution is 8.13. The van der Waals surface area contributed by atoms with Crippen LogP contribution < -0.4 is 10.5 Å². The number of rotatable bonds is 6. The molecule has 0 unspecified atom stereocenters. The van der Waals surface area contributed by atoms with Gasteiger partial charge in [-0.15, -0.1) is 6.42 Å². The van der Waals surface area contributed by atoms with E-state index < -0.39 is 5.54 Å². The van der Waals surface area contributed by atoms with Crippen LogP contribution in [0.3, 0.4) is 0 Å². The monoisotopic (exact) mass is 398 g/mol. The lowest BCUT2D eigenvalue weighted by atomic mass is 9.87. The first-order valence-electron chi connectivity index (χ1n) is 8.60. The van der Waals surface area contributed by atoms with Crippen molar-refractivity contribution in [2.75, 3.05) is 12.4 Å². The van der Waals surface area contributed by atoms with Crippen LogP contribution in [0.2, 0.25) is 0 Å². The van der Waals surface area contributed by atoms with Gasteiger partial charge in [0, 0.05) is 17.7 Å². The Labute approximate surface area is 166 Å². The van der Waals surface area contributed by atoms with Crippen LogP contribution in [0.15, 0.2) is 35.6 Å². The Balaban J connectivity index is 1.79. The van der Waals surface area contributed by atoms with Crippen molar-refractivity contribution in [3.05, 3.63) is 53.2 Å². The zero-order chi connectivity index (χ0) is 20.1. The van der Waals surface area contributed by atoms with Gasteiger partial charge in [0.1, 0.15) is 11.5 Å². The number of carbonyl (C=O) groups excluding carboxylic acids is 1. The van der Waals surface area contributed by atoms with Gasteiger partial charge in [-0.3, -0.25) is 9.79 Å². The maximum atomic E-state index is 14.5. The molecule has 0 radical (unpaired) electrons. The van der Waals surface area contributed by atoms with Gasteiger partial charge in [-0.2, -0.15) is 0 Å². The molecule has 1 atom stereocenters. The fourth-order valence-electron chi connectivity index (χ4n) is 2.90. The van der Waals surface area contributed by atoms with Crippen LogP contribution in [0, 0.1) is 18.2 Å². The number of amidine groups is 1. The molecule has 144 valence electrons. The lowest BCUT2D eigenvalue weighted by Crippen LogP contribution is -2.29. The number of terminal acetylenes is 1. The molecule has 1 aliphatic heterocycles. The Bertz CT molecular complexity index is 956. The standard InChI is InChI=1S/C20H19FN4O2S/c1-3-7-27-18-12-23-16(11-24-18)17(26)10-13-4-5-15(21)14(9-13)20(2)6-8-28-19(22)25-20/h1,4-5,9,11-12H,6-8,10H2,2H3,(H2,22,25)/t20-/m0/s1. The third kappa shape index (κ3) is 4.49. The largest absolute Gasteiger partial charge is 0.463 e. The summed E-state index contributed by atoms with van der Waals surface area (Å²) in [5.74, 6) is 2.73. The Kier molecular flexibility index (Phi) is 5.95. The summed E-state index contributed by atoms with van der Waals surface area (Å²) in [5, 5.41) is 0.442. The summed E-state index contributed by atoms with van der Waals surface area (Å²) in [4.78, 5) is 25.0. The molecule has 0 saturated heterocycles. The average Bonchev–Trinajstić information content (AvgIpc) is 2.68. The number of nitrogens with zero attached hydrogens (tertiary/aromatic N) is 3. The molecule has 2 aromatic rings. The van der Waals surface area contributed by atoms with E-state index in [4.69, 9.17) is 16.9 Å². The Morgan fingerprint density at radius 1 is 1.43 bits per heavy atom. The molecule has 0 spiro atoms. The molecule has 3 rings (SSSR count). The number of ether oxygens (including phenoxy) is 1. The third-order valence-electron chi connectivity index (χ3n) is 4.39. The van der Waals surface area contributed by atoms with E-state index in [1.807, 2.05) is 6.92 Å². The van der Waals surface area contributed by atoms with Crippen LogP contribution in [0.4, 0.5) is 4.39 Å². The summed E-state index contributed by atoms with van der Waals surface area (Å²) >= 11 is 1.45. The van der Waals surface area contributed by atoms with Gasteiger partial charge in [0.25, 0.3) is 0 Å². The summed E-state index contributed by atoms with van der Waals surface area (Å²) in [5.41, 5.74) is 6.40. The molecule has 0 fully saturated rings. The first-order valence-corrected chi connectivity index (χ1v) is 9.58. The number of Topliss-reactive ketones (excluding diaryl/α,β-unsaturated/α-hetero) is 1. The van der Waals surface area contributed by atoms with E-state index in [1.165, 1.54) is 30.2 Å². The average molecular weight is 398 g/mol. The van der Waals surface area contributed by atoms with Gasteiger partial charge >= 0.3 is 0 Å². The van der Waals surface area contributed by atoms with E-state index >= 15 is 0 Å². The number of ketones is 1. The molecule has 6 nitrogen and oxygen atoms in total. The molecule has 1 aliphatic rings. The fourth-order valence-corrected chi connectivity index (χ4v) is 3.88. The number of halogens is 1. The van der Waals surface area contributed by atoms with Crippen molar-refractivity contribution in [3.8, 4) is 18.2 Å². The molecule has 2 heterocycles. The first kappa shape index (κ1) is 19.8. The van der Waals surface area contributed by atoms with Crippen LogP contribution in [-0.2, 0) is 12.0 Å². The number of aliphatic imine (C=N–C) groups is 1. The van der Waals surface area contributed by atoms with E-state index in [2.05, 4.69) is 20.9 Å². The zero-order valence-corrected chi connectivity index (χ0v) is 16.1. The molecule has 28 heavy (non-hydrogen) atoms. The van der Waals surface area contributed by atoms with E-state index in [0.29, 0.717) is 22.7 Å². The summed E-state index contributed by atoms with van der Waals surface area (Å²) < 4.78 is 19.6. The van der Waals surface area contributed by atoms with Gasteiger partial charge in [0.15, 0.2) is 17.6 Å². The van der Waals surface area contributed by atoms with E-state index in [0.717, 1.165) is 5.75 Å². The second kappa shape index (κ2) is 8.40. The lowest BCUT2D eigenvalue weighted by molar-refractivity contribution is 0.0987. The number of hydrogen-bond acceptors (Lipinski definition) is 7. The molecule has 1 aromatic heterocycles. The quantitative estimate of drug-likeness (QED) is 0.594. The van der Waals surface area contributed by atoms with Crippen LogP contribution >= 0.6 is 11.8 Å². The van der Waals surface area contributed by atoms with Gasteiger partial charge < -0.3 is 10.5 Å². The van der Waals surface area contributed by atoms with Crippen molar-refractivity contribution in [2.45, 2.75) is 25.3 Å². The van der Waals surface area contributed by atoms with Gasteiger partial charge in [0.2, 0.25) is 5.88 Å². The number of benzene rings is 1. The molecule has 1 aromatic carbocycles. The Morgan fingerprint density at radius 3 is 2.93 bits per heavy atom. The summed E-state index contributed by atoms with van der Waals surface area (Å²) in [6.07, 6.45) is 8.53. The molecule has 0 saturated carbocycles. The van der Waals surface area contributed by atoms with Crippen molar-refractivity contribution in [1.82, 2.24) is 9.97 Å². The number of carbonyl (C=O) groups is 1. The number of hydrogen-bond donors (Lipinski definition) is 1. The summed E-state index contributed by atoms with van der Waals surface area (Å²) in [7, 11) is 0. The molecule has 2 N–H and O–H groups in total. The topological polar surface area (TPSA) is 90.5 Å². The predicted molar refractivity (Wildman–Crippen MR) is 107 cm³/mol. The van der Waals surface area contributed by atoms with Gasteiger partial charge in [-0.25, -0.2) is 14.4 Å². The minimum atomic E-state index is -0.742. The minimum Gasteiger partial charge on any atom is -0.463 e. The van der Waals surface area contributed by atoms with E-state index in [1.54, 1.807) is 12.1 Å². The van der Waals surface area contributed by atoms with Crippen LogP contribution in [0.1, 0.15) is 35.0 Å². The van der Waals surface area contributed by atoms with Crippen molar-refractivity contribution >= 4 is 22.7 Å². The molecule has 8 heteroatoms. The number of aromatic nitrogens is 2. The normalized spacial score (nSPS) is 18.8. The van der Waals surface area contributed by atoms with E-state index in [-0.39, 0.29) is 36.2 Å². The van der Waals surface area contributed by atoms with Crippen LogP contribution in [-0.4, -0.2) is 33.3 Å². The van der Waals surface area contributed by atoms with Crippen LogP contribution in [0.25, 0.3) is 0 Å². The van der Waals surface area contributed by atoms with Crippen molar-refractivity contribution in [3.63, 3.8) is 0 Å². The first-order chi connectivity index (χ1) is 13.4. The second-order valence-corrected chi connectivity index (χ2v) is 7.58. The second-order valence-electron chi connectivity index (χ2n) is 6.47. The third-order valence-corrected chi connectivity index (χ3v) is 5.18. The maximum Gasteiger partial charge on any atom is 0.233 e. The Hall–Kier alpha value is -2.92. The van der Waals surface area contributed by atoms with Crippen LogP contribution in [0.5, 0.6) is 5.88 Å². The molecule has 0 amide bonds. The maximum absolute atomic E-state index is 14.5. The molecule has 0 aliphatic carbocycles. The van der Waals surface area contributed by atoms with Crippen molar-refractivity contribution in [2.24, 2.45) is 10.7 Å². The molecular formula is C20H19FN4O2S. The van der Waals surface area contributed by atoms with Gasteiger partial charge in [-0.05, 0) is 31.0 Å². The highest BCUT2D eigenvalue weighted by Crippen LogP contribution is 2.36. The van der Waals surface area contributed by atoms with Crippen molar-refractivity contribution < 1.29 is 13.9 Å². The lowest BCUT2D eigenvalue weighted by Gasteiger charge is -2.30. The van der Waals surface area contributed by atoms with Crippen molar-refractivity contribution in [1.29, 1.82) is 0 Å². The summed E-state index contributed by atoms with van der Waals surface area (Å²) in [6, 6.07) is 4.62. The van der Waals surface area contributed by atoms with Gasteiger partial charge in [-0.1, -0.05) is 23.7 Å². The zero-order valence-electron chi connectivity index (χ0n) is 15.3. The molecular weight excluding hydrogens is 379 g/mol. The summed E-state index contributed by atoms with van der Waals surface area (Å²) in [6.45, 7) is 1.93.